The monoisotopic (exact) mass is 297 g/mol. The quantitative estimate of drug-likeness (QED) is 0.908. The van der Waals surface area contributed by atoms with Crippen molar-refractivity contribution in [3.63, 3.8) is 0 Å². The summed E-state index contributed by atoms with van der Waals surface area (Å²) in [4.78, 5) is 14.0. The molecule has 1 amide bonds. The number of nitrogens with zero attached hydrogens (tertiary/aromatic N) is 1. The summed E-state index contributed by atoms with van der Waals surface area (Å²) in [5, 5.41) is 9.83. The minimum absolute atomic E-state index is 0.0330. The summed E-state index contributed by atoms with van der Waals surface area (Å²) in [7, 11) is 0. The van der Waals surface area contributed by atoms with Gasteiger partial charge in [-0.05, 0) is 50.8 Å². The number of likely N-dealkylation sites (N-methyl/N-ethyl adjacent to an activating group) is 1. The topological polar surface area (TPSA) is 40.5 Å². The normalized spacial score (nSPS) is 21.2. The molecule has 1 aromatic carbocycles. The second-order valence-electron chi connectivity index (χ2n) is 6.29. The van der Waals surface area contributed by atoms with Crippen molar-refractivity contribution < 1.29 is 18.7 Å². The zero-order valence-corrected chi connectivity index (χ0v) is 12.6. The molecule has 1 N–H and O–H groups in total. The molecule has 0 bridgehead atoms. The Morgan fingerprint density at radius 3 is 2.57 bits per heavy atom. The van der Waals surface area contributed by atoms with E-state index in [1.807, 2.05) is 6.92 Å². The van der Waals surface area contributed by atoms with Gasteiger partial charge in [0.2, 0.25) is 5.91 Å². The minimum atomic E-state index is -0.946. The number of amides is 1. The van der Waals surface area contributed by atoms with Gasteiger partial charge in [-0.3, -0.25) is 4.79 Å². The van der Waals surface area contributed by atoms with E-state index in [0.29, 0.717) is 18.5 Å². The van der Waals surface area contributed by atoms with E-state index >= 15 is 0 Å². The van der Waals surface area contributed by atoms with Crippen molar-refractivity contribution in [3.05, 3.63) is 35.4 Å². The van der Waals surface area contributed by atoms with Gasteiger partial charge in [-0.15, -0.1) is 0 Å². The van der Waals surface area contributed by atoms with Gasteiger partial charge < -0.3 is 10.0 Å². The van der Waals surface area contributed by atoms with Gasteiger partial charge in [0.05, 0.1) is 5.60 Å². The predicted molar refractivity (Wildman–Crippen MR) is 75.8 cm³/mol. The van der Waals surface area contributed by atoms with Crippen LogP contribution in [0.1, 0.15) is 38.7 Å². The number of halogens is 2. The molecule has 2 atom stereocenters. The molecule has 116 valence electrons. The Hall–Kier alpha value is -1.49. The smallest absolute Gasteiger partial charge is 0.226 e. The van der Waals surface area contributed by atoms with Gasteiger partial charge in [0, 0.05) is 19.0 Å². The predicted octanol–water partition coefficient (Wildman–Crippen LogP) is 2.69. The molecule has 1 fully saturated rings. The molecule has 1 aliphatic rings. The third kappa shape index (κ3) is 3.79. The van der Waals surface area contributed by atoms with Gasteiger partial charge in [0.15, 0.2) is 11.6 Å². The van der Waals surface area contributed by atoms with E-state index in [2.05, 4.69) is 0 Å². The fourth-order valence-electron chi connectivity index (χ4n) is 2.63. The fraction of sp³-hybridized carbons (Fsp3) is 0.562. The lowest BCUT2D eigenvalue weighted by atomic mass is 10.1. The molecule has 1 saturated carbocycles. The van der Waals surface area contributed by atoms with Crippen molar-refractivity contribution in [2.24, 2.45) is 5.92 Å². The summed E-state index contributed by atoms with van der Waals surface area (Å²) in [6.07, 6.45) is 0.645. The molecule has 0 radical (unpaired) electrons. The molecule has 2 rings (SSSR count). The lowest BCUT2D eigenvalue weighted by Gasteiger charge is -2.28. The zero-order chi connectivity index (χ0) is 15.8. The molecule has 1 aliphatic carbocycles. The van der Waals surface area contributed by atoms with Crippen molar-refractivity contribution in [1.82, 2.24) is 4.90 Å². The van der Waals surface area contributed by atoms with Crippen LogP contribution in [0.5, 0.6) is 0 Å². The molecule has 0 aromatic heterocycles. The molecule has 0 aliphatic heterocycles. The first-order valence-corrected chi connectivity index (χ1v) is 7.19. The first-order valence-electron chi connectivity index (χ1n) is 7.19. The van der Waals surface area contributed by atoms with Crippen LogP contribution in [0.15, 0.2) is 18.2 Å². The van der Waals surface area contributed by atoms with Crippen LogP contribution >= 0.6 is 0 Å². The van der Waals surface area contributed by atoms with Crippen LogP contribution in [-0.4, -0.2) is 34.6 Å². The molecule has 0 saturated heterocycles. The molecule has 1 aromatic rings. The number of carbonyl (C=O) groups is 1. The first-order chi connectivity index (χ1) is 9.73. The molecular formula is C16H21F2NO2. The Kier molecular flexibility index (Phi) is 4.33. The number of hydrogen-bond acceptors (Lipinski definition) is 2. The highest BCUT2D eigenvalue weighted by Crippen LogP contribution is 2.48. The van der Waals surface area contributed by atoms with E-state index < -0.39 is 17.2 Å². The zero-order valence-electron chi connectivity index (χ0n) is 12.6. The lowest BCUT2D eigenvalue weighted by Crippen LogP contribution is -2.42. The number of benzene rings is 1. The maximum atomic E-state index is 13.2. The number of aliphatic hydroxyl groups is 1. The second-order valence-corrected chi connectivity index (χ2v) is 6.29. The summed E-state index contributed by atoms with van der Waals surface area (Å²) < 4.78 is 26.2. The van der Waals surface area contributed by atoms with Gasteiger partial charge in [-0.2, -0.15) is 0 Å². The average Bonchev–Trinajstić information content (AvgIpc) is 3.17. The Balaban J connectivity index is 2.04. The highest BCUT2D eigenvalue weighted by atomic mass is 19.2. The van der Waals surface area contributed by atoms with Crippen LogP contribution in [0.2, 0.25) is 0 Å². The Morgan fingerprint density at radius 2 is 2.05 bits per heavy atom. The van der Waals surface area contributed by atoms with Crippen molar-refractivity contribution in [1.29, 1.82) is 0 Å². The van der Waals surface area contributed by atoms with E-state index in [-0.39, 0.29) is 24.3 Å². The van der Waals surface area contributed by atoms with Crippen molar-refractivity contribution in [2.45, 2.75) is 38.7 Å². The Bertz CT molecular complexity index is 540. The molecular weight excluding hydrogens is 276 g/mol. The third-order valence-corrected chi connectivity index (χ3v) is 3.75. The standard InChI is InChI=1S/C16H21F2NO2/c1-4-19(9-16(2,3)21)15(20)12-8-11(12)10-5-6-13(17)14(18)7-10/h5-7,11-12,21H,4,8-9H2,1-3H3. The van der Waals surface area contributed by atoms with E-state index in [9.17, 15) is 18.7 Å². The van der Waals surface area contributed by atoms with Crippen LogP contribution in [-0.2, 0) is 4.79 Å². The first kappa shape index (κ1) is 15.9. The molecule has 0 spiro atoms. The number of hydrogen-bond donors (Lipinski definition) is 1. The minimum Gasteiger partial charge on any atom is -0.389 e. The highest BCUT2D eigenvalue weighted by Gasteiger charge is 2.46. The van der Waals surface area contributed by atoms with Gasteiger partial charge in [-0.25, -0.2) is 8.78 Å². The summed E-state index contributed by atoms with van der Waals surface area (Å²) >= 11 is 0. The van der Waals surface area contributed by atoms with Crippen molar-refractivity contribution in [3.8, 4) is 0 Å². The molecule has 3 nitrogen and oxygen atoms in total. The van der Waals surface area contributed by atoms with E-state index in [1.165, 1.54) is 12.1 Å². The maximum Gasteiger partial charge on any atom is 0.226 e. The third-order valence-electron chi connectivity index (χ3n) is 3.75. The summed E-state index contributed by atoms with van der Waals surface area (Å²) in [5.41, 5.74) is -0.288. The average molecular weight is 297 g/mol. The van der Waals surface area contributed by atoms with Gasteiger partial charge >= 0.3 is 0 Å². The van der Waals surface area contributed by atoms with Gasteiger partial charge in [-0.1, -0.05) is 6.07 Å². The van der Waals surface area contributed by atoms with Crippen molar-refractivity contribution in [2.75, 3.05) is 13.1 Å². The maximum absolute atomic E-state index is 13.2. The molecule has 5 heteroatoms. The second kappa shape index (κ2) is 5.72. The van der Waals surface area contributed by atoms with Crippen LogP contribution in [0.4, 0.5) is 8.78 Å². The summed E-state index contributed by atoms with van der Waals surface area (Å²) in [5.74, 6) is -2.04. The summed E-state index contributed by atoms with van der Waals surface area (Å²) in [6, 6.07) is 3.79. The number of rotatable bonds is 5. The Morgan fingerprint density at radius 1 is 1.38 bits per heavy atom. The SMILES string of the molecule is CCN(CC(C)(C)O)C(=O)C1CC1c1ccc(F)c(F)c1. The highest BCUT2D eigenvalue weighted by molar-refractivity contribution is 5.83. The summed E-state index contributed by atoms with van der Waals surface area (Å²) in [6.45, 7) is 5.96. The van der Waals surface area contributed by atoms with Crippen LogP contribution in [0.3, 0.4) is 0 Å². The molecule has 2 unspecified atom stereocenters. The fourth-order valence-corrected chi connectivity index (χ4v) is 2.63. The molecule has 21 heavy (non-hydrogen) atoms. The lowest BCUT2D eigenvalue weighted by molar-refractivity contribution is -0.135. The van der Waals surface area contributed by atoms with Gasteiger partial charge in [0.25, 0.3) is 0 Å². The van der Waals surface area contributed by atoms with Crippen molar-refractivity contribution >= 4 is 5.91 Å². The van der Waals surface area contributed by atoms with E-state index in [1.54, 1.807) is 18.7 Å². The van der Waals surface area contributed by atoms with Crippen LogP contribution in [0.25, 0.3) is 0 Å². The van der Waals surface area contributed by atoms with E-state index in [0.717, 1.165) is 6.07 Å². The molecule has 0 heterocycles. The van der Waals surface area contributed by atoms with Crippen LogP contribution < -0.4 is 0 Å². The number of carbonyl (C=O) groups excluding carboxylic acids is 1. The van der Waals surface area contributed by atoms with Crippen LogP contribution in [0, 0.1) is 17.6 Å². The van der Waals surface area contributed by atoms with Gasteiger partial charge in [0.1, 0.15) is 0 Å². The largest absolute Gasteiger partial charge is 0.389 e. The van der Waals surface area contributed by atoms with E-state index in [4.69, 9.17) is 0 Å². The Labute approximate surface area is 123 Å².